The van der Waals surface area contributed by atoms with Gasteiger partial charge < -0.3 is 15.4 Å². The van der Waals surface area contributed by atoms with Gasteiger partial charge in [0.05, 0.1) is 13.0 Å². The van der Waals surface area contributed by atoms with Crippen LogP contribution in [0.2, 0.25) is 0 Å². The van der Waals surface area contributed by atoms with E-state index in [-0.39, 0.29) is 30.2 Å². The molecule has 0 aromatic heterocycles. The fourth-order valence-corrected chi connectivity index (χ4v) is 1.84. The van der Waals surface area contributed by atoms with Gasteiger partial charge in [0.2, 0.25) is 5.91 Å². The molecule has 0 aliphatic carbocycles. The molecule has 1 heterocycles. The van der Waals surface area contributed by atoms with Crippen LogP contribution in [-0.2, 0) is 14.3 Å². The zero-order chi connectivity index (χ0) is 12.0. The van der Waals surface area contributed by atoms with Gasteiger partial charge in [0.1, 0.15) is 6.04 Å². The van der Waals surface area contributed by atoms with E-state index in [1.807, 2.05) is 6.92 Å². The second-order valence-corrected chi connectivity index (χ2v) is 4.04. The number of piperidine rings is 1. The molecule has 0 spiro atoms. The first-order valence-corrected chi connectivity index (χ1v) is 5.78. The molecule has 1 aliphatic heterocycles. The van der Waals surface area contributed by atoms with Gasteiger partial charge in [-0.15, -0.1) is 12.4 Å². The highest BCUT2D eigenvalue weighted by Crippen LogP contribution is 2.10. The van der Waals surface area contributed by atoms with Crippen LogP contribution in [0, 0.1) is 5.92 Å². The van der Waals surface area contributed by atoms with Gasteiger partial charge in [0.25, 0.3) is 0 Å². The zero-order valence-corrected chi connectivity index (χ0v) is 11.1. The minimum atomic E-state index is -0.514. The first-order valence-electron chi connectivity index (χ1n) is 5.78. The van der Waals surface area contributed by atoms with Crippen LogP contribution >= 0.6 is 12.4 Å². The van der Waals surface area contributed by atoms with Crippen molar-refractivity contribution in [3.8, 4) is 0 Å². The maximum absolute atomic E-state index is 11.8. The standard InChI is InChI=1S/C11H20N2O3.ClH/c1-3-9(11(15)16-2)13-10(14)8-5-4-6-12-7-8;/h8-9,12H,3-7H2,1-2H3,(H,13,14);1H. The molecule has 6 heteroatoms. The van der Waals surface area contributed by atoms with Crippen molar-refractivity contribution in [1.29, 1.82) is 0 Å². The van der Waals surface area contributed by atoms with Gasteiger partial charge in [0.15, 0.2) is 0 Å². The highest BCUT2D eigenvalue weighted by atomic mass is 35.5. The Hall–Kier alpha value is -0.810. The Kier molecular flexibility index (Phi) is 7.91. The maximum Gasteiger partial charge on any atom is 0.328 e. The quantitative estimate of drug-likeness (QED) is 0.725. The second kappa shape index (κ2) is 8.31. The lowest BCUT2D eigenvalue weighted by Gasteiger charge is -2.24. The van der Waals surface area contributed by atoms with Gasteiger partial charge in [-0.2, -0.15) is 0 Å². The lowest BCUT2D eigenvalue weighted by atomic mass is 9.98. The molecule has 0 aromatic rings. The number of nitrogens with one attached hydrogen (secondary N) is 2. The third-order valence-electron chi connectivity index (χ3n) is 2.88. The monoisotopic (exact) mass is 264 g/mol. The molecule has 17 heavy (non-hydrogen) atoms. The average Bonchev–Trinajstić information content (AvgIpc) is 2.35. The molecule has 5 nitrogen and oxygen atoms in total. The van der Waals surface area contributed by atoms with Crippen LogP contribution in [0.15, 0.2) is 0 Å². The second-order valence-electron chi connectivity index (χ2n) is 4.04. The molecule has 100 valence electrons. The Morgan fingerprint density at radius 2 is 2.24 bits per heavy atom. The van der Waals surface area contributed by atoms with E-state index < -0.39 is 6.04 Å². The molecule has 0 aromatic carbocycles. The summed E-state index contributed by atoms with van der Waals surface area (Å²) >= 11 is 0. The third-order valence-corrected chi connectivity index (χ3v) is 2.88. The number of carbonyl (C=O) groups is 2. The summed E-state index contributed by atoms with van der Waals surface area (Å²) in [6.07, 6.45) is 2.45. The SMILES string of the molecule is CCC(NC(=O)C1CCCNC1)C(=O)OC.Cl. The molecule has 1 saturated heterocycles. The minimum absolute atomic E-state index is 0. The molecule has 2 atom stereocenters. The van der Waals surface area contributed by atoms with Crippen molar-refractivity contribution in [2.45, 2.75) is 32.2 Å². The van der Waals surface area contributed by atoms with Gasteiger partial charge in [-0.25, -0.2) is 4.79 Å². The summed E-state index contributed by atoms with van der Waals surface area (Å²) in [4.78, 5) is 23.1. The fraction of sp³-hybridized carbons (Fsp3) is 0.818. The molecule has 1 amide bonds. The summed E-state index contributed by atoms with van der Waals surface area (Å²) < 4.78 is 4.62. The Labute approximate surface area is 108 Å². The van der Waals surface area contributed by atoms with E-state index in [4.69, 9.17) is 0 Å². The van der Waals surface area contributed by atoms with Gasteiger partial charge in [0, 0.05) is 6.54 Å². The van der Waals surface area contributed by atoms with Crippen molar-refractivity contribution in [3.05, 3.63) is 0 Å². The van der Waals surface area contributed by atoms with Crippen molar-refractivity contribution in [2.75, 3.05) is 20.2 Å². The molecular formula is C11H21ClN2O3. The number of esters is 1. The maximum atomic E-state index is 11.8. The summed E-state index contributed by atoms with van der Waals surface area (Å²) in [5, 5.41) is 5.91. The summed E-state index contributed by atoms with van der Waals surface area (Å²) in [6, 6.07) is -0.514. The van der Waals surface area contributed by atoms with Gasteiger partial charge in [-0.3, -0.25) is 4.79 Å². The molecular weight excluding hydrogens is 244 g/mol. The summed E-state index contributed by atoms with van der Waals surface area (Å²) in [5.74, 6) is -0.448. The van der Waals surface area contributed by atoms with Crippen LogP contribution in [0.25, 0.3) is 0 Å². The van der Waals surface area contributed by atoms with Crippen molar-refractivity contribution in [1.82, 2.24) is 10.6 Å². The van der Waals surface area contributed by atoms with Gasteiger partial charge >= 0.3 is 5.97 Å². The third kappa shape index (κ3) is 4.91. The number of rotatable bonds is 4. The van der Waals surface area contributed by atoms with Crippen LogP contribution in [0.3, 0.4) is 0 Å². The number of amides is 1. The highest BCUT2D eigenvalue weighted by molar-refractivity contribution is 5.86. The van der Waals surface area contributed by atoms with Crippen LogP contribution < -0.4 is 10.6 Å². The van der Waals surface area contributed by atoms with E-state index in [1.54, 1.807) is 0 Å². The molecule has 1 rings (SSSR count). The number of carbonyl (C=O) groups excluding carboxylic acids is 2. The number of ether oxygens (including phenoxy) is 1. The summed E-state index contributed by atoms with van der Waals surface area (Å²) in [5.41, 5.74) is 0. The first-order chi connectivity index (χ1) is 7.69. The lowest BCUT2D eigenvalue weighted by Crippen LogP contribution is -2.47. The minimum Gasteiger partial charge on any atom is -0.467 e. The van der Waals surface area contributed by atoms with E-state index in [1.165, 1.54) is 7.11 Å². The topological polar surface area (TPSA) is 67.4 Å². The Morgan fingerprint density at radius 3 is 2.71 bits per heavy atom. The zero-order valence-electron chi connectivity index (χ0n) is 10.3. The molecule has 2 unspecified atom stereocenters. The molecule has 1 aliphatic rings. The summed E-state index contributed by atoms with van der Waals surface area (Å²) in [7, 11) is 1.33. The highest BCUT2D eigenvalue weighted by Gasteiger charge is 2.25. The predicted octanol–water partition coefficient (Wildman–Crippen LogP) is 0.476. The number of hydrogen-bond donors (Lipinski definition) is 2. The predicted molar refractivity (Wildman–Crippen MR) is 67.1 cm³/mol. The average molecular weight is 265 g/mol. The summed E-state index contributed by atoms with van der Waals surface area (Å²) in [6.45, 7) is 3.52. The van der Waals surface area contributed by atoms with Crippen molar-refractivity contribution < 1.29 is 14.3 Å². The number of hydrogen-bond acceptors (Lipinski definition) is 4. The molecule has 2 N–H and O–H groups in total. The number of methoxy groups -OCH3 is 1. The lowest BCUT2D eigenvalue weighted by molar-refractivity contribution is -0.145. The van der Waals surface area contributed by atoms with E-state index in [0.29, 0.717) is 13.0 Å². The molecule has 0 bridgehead atoms. The van der Waals surface area contributed by atoms with Crippen LogP contribution in [0.1, 0.15) is 26.2 Å². The van der Waals surface area contributed by atoms with Crippen molar-refractivity contribution in [2.24, 2.45) is 5.92 Å². The fourth-order valence-electron chi connectivity index (χ4n) is 1.84. The van der Waals surface area contributed by atoms with E-state index in [2.05, 4.69) is 15.4 Å². The largest absolute Gasteiger partial charge is 0.467 e. The van der Waals surface area contributed by atoms with E-state index >= 15 is 0 Å². The number of halogens is 1. The Bertz CT molecular complexity index is 255. The smallest absolute Gasteiger partial charge is 0.328 e. The first kappa shape index (κ1) is 16.2. The molecule has 1 fully saturated rings. The van der Waals surface area contributed by atoms with Crippen molar-refractivity contribution >= 4 is 24.3 Å². The van der Waals surface area contributed by atoms with Gasteiger partial charge in [-0.1, -0.05) is 6.92 Å². The molecule has 0 saturated carbocycles. The Morgan fingerprint density at radius 1 is 1.53 bits per heavy atom. The van der Waals surface area contributed by atoms with Crippen molar-refractivity contribution in [3.63, 3.8) is 0 Å². The van der Waals surface area contributed by atoms with Crippen LogP contribution in [0.4, 0.5) is 0 Å². The van der Waals surface area contributed by atoms with Crippen LogP contribution in [-0.4, -0.2) is 38.1 Å². The van der Waals surface area contributed by atoms with E-state index in [9.17, 15) is 9.59 Å². The van der Waals surface area contributed by atoms with Gasteiger partial charge in [-0.05, 0) is 25.8 Å². The molecule has 0 radical (unpaired) electrons. The normalized spacial score (nSPS) is 20.9. The Balaban J connectivity index is 0.00000256. The van der Waals surface area contributed by atoms with E-state index in [0.717, 1.165) is 19.4 Å². The van der Waals surface area contributed by atoms with Crippen LogP contribution in [0.5, 0.6) is 0 Å².